The fraction of sp³-hybridized carbons (Fsp3) is 0.643. The number of aliphatic carboxylic acids is 1. The molecule has 1 unspecified atom stereocenters. The molecule has 2 nitrogen and oxygen atoms in total. The summed E-state index contributed by atoms with van der Waals surface area (Å²) in [7, 11) is 0. The molecule has 0 aliphatic heterocycles. The van der Waals surface area contributed by atoms with E-state index in [9.17, 15) is 4.79 Å². The topological polar surface area (TPSA) is 37.3 Å². The smallest absolute Gasteiger partial charge is 0.306 e. The first-order valence-electron chi connectivity index (χ1n) is 5.88. The minimum absolute atomic E-state index is 0.282. The van der Waals surface area contributed by atoms with E-state index < -0.39 is 5.97 Å². The third-order valence-corrected chi connectivity index (χ3v) is 3.00. The lowest BCUT2D eigenvalue weighted by atomic mass is 9.93. The zero-order valence-corrected chi connectivity index (χ0v) is 11.1. The van der Waals surface area contributed by atoms with E-state index in [-0.39, 0.29) is 5.92 Å². The molecule has 0 amide bonds. The molecule has 0 aromatic heterocycles. The summed E-state index contributed by atoms with van der Waals surface area (Å²) in [6.45, 7) is 10.1. The summed E-state index contributed by atoms with van der Waals surface area (Å²) in [4.78, 5) is 10.8. The Kier molecular flexibility index (Phi) is 6.78. The van der Waals surface area contributed by atoms with Gasteiger partial charge in [0.05, 0.1) is 5.92 Å². The van der Waals surface area contributed by atoms with Crippen LogP contribution in [0.3, 0.4) is 0 Å². The summed E-state index contributed by atoms with van der Waals surface area (Å²) in [5.74, 6) is -0.989. The molecule has 0 aromatic carbocycles. The minimum atomic E-state index is -0.707. The van der Waals surface area contributed by atoms with E-state index in [1.807, 2.05) is 6.92 Å². The van der Waals surface area contributed by atoms with Crippen LogP contribution in [0.2, 0.25) is 0 Å². The molecule has 0 aliphatic rings. The Morgan fingerprint density at radius 1 is 1.25 bits per heavy atom. The van der Waals surface area contributed by atoms with Crippen LogP contribution < -0.4 is 0 Å². The summed E-state index contributed by atoms with van der Waals surface area (Å²) in [5.41, 5.74) is 3.91. The Bertz CT molecular complexity index is 294. The molecule has 0 spiro atoms. The van der Waals surface area contributed by atoms with Crippen LogP contribution in [0, 0.1) is 5.92 Å². The van der Waals surface area contributed by atoms with Crippen molar-refractivity contribution in [2.45, 2.75) is 53.9 Å². The Balaban J connectivity index is 4.43. The van der Waals surface area contributed by atoms with Crippen molar-refractivity contribution in [1.82, 2.24) is 0 Å². The standard InChI is InChI=1S/C14H24O2/c1-6-11(4)7-8-13(10(2)3)9-12(5)14(15)16/h6,12H,7-9H2,1-5H3,(H,15,16). The first-order valence-corrected chi connectivity index (χ1v) is 5.88. The largest absolute Gasteiger partial charge is 0.481 e. The first-order chi connectivity index (χ1) is 7.38. The fourth-order valence-electron chi connectivity index (χ4n) is 1.51. The predicted molar refractivity (Wildman–Crippen MR) is 68.5 cm³/mol. The van der Waals surface area contributed by atoms with E-state index in [0.717, 1.165) is 12.8 Å². The highest BCUT2D eigenvalue weighted by molar-refractivity contribution is 5.69. The Hall–Kier alpha value is -1.05. The second kappa shape index (κ2) is 7.26. The molecule has 0 radical (unpaired) electrons. The average Bonchev–Trinajstić information content (AvgIpc) is 2.22. The van der Waals surface area contributed by atoms with Gasteiger partial charge < -0.3 is 5.11 Å². The number of carboxylic acid groups (broad SMARTS) is 1. The van der Waals surface area contributed by atoms with Crippen molar-refractivity contribution in [2.75, 3.05) is 0 Å². The summed E-state index contributed by atoms with van der Waals surface area (Å²) in [6, 6.07) is 0. The van der Waals surface area contributed by atoms with Gasteiger partial charge in [-0.2, -0.15) is 0 Å². The molecule has 92 valence electrons. The maximum atomic E-state index is 10.8. The van der Waals surface area contributed by atoms with Crippen molar-refractivity contribution in [2.24, 2.45) is 5.92 Å². The molecule has 0 aromatic rings. The maximum absolute atomic E-state index is 10.8. The zero-order chi connectivity index (χ0) is 12.7. The summed E-state index contributed by atoms with van der Waals surface area (Å²) >= 11 is 0. The average molecular weight is 224 g/mol. The number of hydrogen-bond acceptors (Lipinski definition) is 1. The molecule has 0 fully saturated rings. The quantitative estimate of drug-likeness (QED) is 0.687. The molecule has 1 atom stereocenters. The van der Waals surface area contributed by atoms with Gasteiger partial charge in [-0.15, -0.1) is 0 Å². The van der Waals surface area contributed by atoms with E-state index >= 15 is 0 Å². The molecule has 0 heterocycles. The normalized spacial score (nSPS) is 13.4. The highest BCUT2D eigenvalue weighted by Crippen LogP contribution is 2.22. The van der Waals surface area contributed by atoms with Crippen LogP contribution in [-0.4, -0.2) is 11.1 Å². The van der Waals surface area contributed by atoms with Gasteiger partial charge in [0.1, 0.15) is 0 Å². The van der Waals surface area contributed by atoms with Crippen LogP contribution in [0.1, 0.15) is 53.9 Å². The number of carboxylic acids is 1. The highest BCUT2D eigenvalue weighted by Gasteiger charge is 2.13. The molecule has 0 saturated heterocycles. The third kappa shape index (κ3) is 5.74. The number of allylic oxidation sites excluding steroid dienone is 4. The molecule has 0 aliphatic carbocycles. The van der Waals surface area contributed by atoms with E-state index in [1.165, 1.54) is 16.7 Å². The van der Waals surface area contributed by atoms with Gasteiger partial charge >= 0.3 is 5.97 Å². The van der Waals surface area contributed by atoms with Gasteiger partial charge in [0.15, 0.2) is 0 Å². The number of hydrogen-bond donors (Lipinski definition) is 1. The van der Waals surface area contributed by atoms with Crippen molar-refractivity contribution in [1.29, 1.82) is 0 Å². The lowest BCUT2D eigenvalue weighted by Crippen LogP contribution is -2.10. The van der Waals surface area contributed by atoms with Crippen molar-refractivity contribution in [3.8, 4) is 0 Å². The minimum Gasteiger partial charge on any atom is -0.481 e. The SMILES string of the molecule is CC=C(C)CCC(CC(C)C(=O)O)=C(C)C. The Morgan fingerprint density at radius 3 is 2.19 bits per heavy atom. The van der Waals surface area contributed by atoms with Crippen LogP contribution in [0.4, 0.5) is 0 Å². The Morgan fingerprint density at radius 2 is 1.81 bits per heavy atom. The van der Waals surface area contributed by atoms with Crippen LogP contribution in [0.5, 0.6) is 0 Å². The van der Waals surface area contributed by atoms with Crippen molar-refractivity contribution in [3.63, 3.8) is 0 Å². The van der Waals surface area contributed by atoms with Gasteiger partial charge in [-0.3, -0.25) is 4.79 Å². The van der Waals surface area contributed by atoms with E-state index in [4.69, 9.17) is 5.11 Å². The molecule has 1 N–H and O–H groups in total. The lowest BCUT2D eigenvalue weighted by Gasteiger charge is -2.13. The molecular formula is C14H24O2. The number of rotatable bonds is 6. The second-order valence-electron chi connectivity index (χ2n) is 4.68. The molecule has 16 heavy (non-hydrogen) atoms. The van der Waals surface area contributed by atoms with E-state index in [0.29, 0.717) is 6.42 Å². The Labute approximate surface area is 99.1 Å². The monoisotopic (exact) mass is 224 g/mol. The summed E-state index contributed by atoms with van der Waals surface area (Å²) in [6.07, 6.45) is 4.80. The lowest BCUT2D eigenvalue weighted by molar-refractivity contribution is -0.141. The van der Waals surface area contributed by atoms with E-state index in [2.05, 4.69) is 26.8 Å². The maximum Gasteiger partial charge on any atom is 0.306 e. The van der Waals surface area contributed by atoms with Gasteiger partial charge in [-0.25, -0.2) is 0 Å². The van der Waals surface area contributed by atoms with Crippen LogP contribution >= 0.6 is 0 Å². The van der Waals surface area contributed by atoms with Gasteiger partial charge in [-0.05, 0) is 47.0 Å². The highest BCUT2D eigenvalue weighted by atomic mass is 16.4. The predicted octanol–water partition coefficient (Wildman–Crippen LogP) is 4.18. The second-order valence-corrected chi connectivity index (χ2v) is 4.68. The molecule has 0 saturated carbocycles. The van der Waals surface area contributed by atoms with Gasteiger partial charge in [-0.1, -0.05) is 29.7 Å². The first kappa shape index (κ1) is 14.9. The van der Waals surface area contributed by atoms with Crippen molar-refractivity contribution >= 4 is 5.97 Å². The molecule has 0 rings (SSSR count). The van der Waals surface area contributed by atoms with Crippen LogP contribution in [0.25, 0.3) is 0 Å². The molecule has 0 bridgehead atoms. The third-order valence-electron chi connectivity index (χ3n) is 3.00. The van der Waals surface area contributed by atoms with Gasteiger partial charge in [0.25, 0.3) is 0 Å². The van der Waals surface area contributed by atoms with Crippen LogP contribution in [0.15, 0.2) is 22.8 Å². The van der Waals surface area contributed by atoms with Gasteiger partial charge in [0.2, 0.25) is 0 Å². The van der Waals surface area contributed by atoms with Crippen molar-refractivity contribution < 1.29 is 9.90 Å². The van der Waals surface area contributed by atoms with Crippen LogP contribution in [-0.2, 0) is 4.79 Å². The zero-order valence-electron chi connectivity index (χ0n) is 11.1. The number of carbonyl (C=O) groups is 1. The summed E-state index contributed by atoms with van der Waals surface area (Å²) in [5, 5.41) is 8.90. The summed E-state index contributed by atoms with van der Waals surface area (Å²) < 4.78 is 0. The molecular weight excluding hydrogens is 200 g/mol. The van der Waals surface area contributed by atoms with Gasteiger partial charge in [0, 0.05) is 0 Å². The van der Waals surface area contributed by atoms with Crippen molar-refractivity contribution in [3.05, 3.63) is 22.8 Å². The molecule has 2 heteroatoms. The fourth-order valence-corrected chi connectivity index (χ4v) is 1.51. The van der Waals surface area contributed by atoms with E-state index in [1.54, 1.807) is 6.92 Å².